The molecule has 8 heteroatoms. The van der Waals surface area contributed by atoms with E-state index < -0.39 is 17.2 Å². The summed E-state index contributed by atoms with van der Waals surface area (Å²) in [5.74, 6) is -1.11. The first kappa shape index (κ1) is 20.4. The second-order valence-corrected chi connectivity index (χ2v) is 7.90. The summed E-state index contributed by atoms with van der Waals surface area (Å²) >= 11 is 0. The van der Waals surface area contributed by atoms with Gasteiger partial charge in [0, 0.05) is 12.5 Å². The Bertz CT molecular complexity index is 1100. The molecule has 1 saturated heterocycles. The van der Waals surface area contributed by atoms with E-state index in [1.807, 2.05) is 13.0 Å². The Kier molecular flexibility index (Phi) is 5.29. The zero-order valence-electron chi connectivity index (χ0n) is 16.9. The van der Waals surface area contributed by atoms with Crippen LogP contribution in [0.5, 0.6) is 5.88 Å². The van der Waals surface area contributed by atoms with E-state index in [9.17, 15) is 13.6 Å². The van der Waals surface area contributed by atoms with E-state index in [1.165, 1.54) is 22.7 Å². The van der Waals surface area contributed by atoms with Crippen LogP contribution in [0.25, 0.3) is 5.52 Å². The summed E-state index contributed by atoms with van der Waals surface area (Å²) < 4.78 is 40.2. The monoisotopic (exact) mass is 415 g/mol. The highest BCUT2D eigenvalue weighted by molar-refractivity contribution is 6.03. The van der Waals surface area contributed by atoms with E-state index in [0.29, 0.717) is 42.3 Å². The first-order valence-electron chi connectivity index (χ1n) is 9.73. The molecule has 0 radical (unpaired) electrons. The van der Waals surface area contributed by atoms with Gasteiger partial charge in [-0.25, -0.2) is 13.3 Å². The van der Waals surface area contributed by atoms with Gasteiger partial charge in [0.25, 0.3) is 0 Å². The summed E-state index contributed by atoms with van der Waals surface area (Å²) in [7, 11) is 0. The van der Waals surface area contributed by atoms with E-state index in [-0.39, 0.29) is 24.4 Å². The molecule has 1 aromatic carbocycles. The predicted molar refractivity (Wildman–Crippen MR) is 107 cm³/mol. The highest BCUT2D eigenvalue weighted by atomic mass is 19.1. The third-order valence-electron chi connectivity index (χ3n) is 5.35. The van der Waals surface area contributed by atoms with Gasteiger partial charge in [0.1, 0.15) is 18.2 Å². The Labute approximate surface area is 172 Å². The number of aryl methyl sites for hydroxylation is 2. The standard InChI is InChI=1S/C22H23F2N3O3/c1-13-8-18-21(19(28)6-7-22(25)11-29-12-22)14(2)26-27(18)20(9-13)30-10-15-16(23)4-3-5-17(15)24/h3-5,8-9H,6-7,10-12,25H2,1-2H3. The SMILES string of the molecule is Cc1cc(OCc2c(F)cccc2F)n2nc(C)c(C(=O)CCC3(N)COC3)c2c1. The van der Waals surface area contributed by atoms with Gasteiger partial charge < -0.3 is 15.2 Å². The fourth-order valence-electron chi connectivity index (χ4n) is 3.62. The molecule has 1 aliphatic heterocycles. The van der Waals surface area contributed by atoms with Crippen molar-refractivity contribution < 1.29 is 23.0 Å². The largest absolute Gasteiger partial charge is 0.473 e. The maximum atomic E-state index is 13.9. The molecule has 6 nitrogen and oxygen atoms in total. The van der Waals surface area contributed by atoms with Crippen LogP contribution >= 0.6 is 0 Å². The number of benzene rings is 1. The maximum absolute atomic E-state index is 13.9. The van der Waals surface area contributed by atoms with E-state index in [4.69, 9.17) is 15.2 Å². The second-order valence-electron chi connectivity index (χ2n) is 7.90. The van der Waals surface area contributed by atoms with Gasteiger partial charge in [0.2, 0.25) is 5.88 Å². The molecule has 0 bridgehead atoms. The lowest BCUT2D eigenvalue weighted by molar-refractivity contribution is -0.0570. The summed E-state index contributed by atoms with van der Waals surface area (Å²) in [5.41, 5.74) is 8.03. The second kappa shape index (κ2) is 7.77. The van der Waals surface area contributed by atoms with Gasteiger partial charge in [-0.15, -0.1) is 0 Å². The molecule has 0 aliphatic carbocycles. The van der Waals surface area contributed by atoms with Crippen molar-refractivity contribution >= 4 is 11.3 Å². The molecular formula is C22H23F2N3O3. The minimum atomic E-state index is -0.679. The zero-order valence-corrected chi connectivity index (χ0v) is 16.9. The van der Waals surface area contributed by atoms with Crippen LogP contribution in [0.15, 0.2) is 30.3 Å². The average molecular weight is 415 g/mol. The summed E-state index contributed by atoms with van der Waals surface area (Å²) in [4.78, 5) is 12.9. The first-order chi connectivity index (χ1) is 14.3. The molecule has 0 amide bonds. The highest BCUT2D eigenvalue weighted by Crippen LogP contribution is 2.27. The number of aromatic nitrogens is 2. The lowest BCUT2D eigenvalue weighted by Gasteiger charge is -2.37. The first-order valence-corrected chi connectivity index (χ1v) is 9.73. The van der Waals surface area contributed by atoms with Crippen molar-refractivity contribution in [1.29, 1.82) is 0 Å². The van der Waals surface area contributed by atoms with Crippen LogP contribution in [0.1, 0.15) is 40.0 Å². The molecule has 2 aromatic heterocycles. The highest BCUT2D eigenvalue weighted by Gasteiger charge is 2.34. The Hall–Kier alpha value is -2.84. The van der Waals surface area contributed by atoms with Crippen LogP contribution in [0.3, 0.4) is 0 Å². The number of ketones is 1. The van der Waals surface area contributed by atoms with Crippen LogP contribution in [-0.4, -0.2) is 34.2 Å². The minimum absolute atomic E-state index is 0.0593. The molecular weight excluding hydrogens is 392 g/mol. The number of nitrogens with zero attached hydrogens (tertiary/aromatic N) is 2. The summed E-state index contributed by atoms with van der Waals surface area (Å²) in [6.07, 6.45) is 0.816. The topological polar surface area (TPSA) is 78.9 Å². The molecule has 3 aromatic rings. The molecule has 2 N–H and O–H groups in total. The van der Waals surface area contributed by atoms with Gasteiger partial charge >= 0.3 is 0 Å². The van der Waals surface area contributed by atoms with Crippen molar-refractivity contribution in [3.63, 3.8) is 0 Å². The summed E-state index contributed by atoms with van der Waals surface area (Å²) in [6.45, 7) is 4.22. The number of rotatable bonds is 7. The molecule has 0 spiro atoms. The number of ether oxygens (including phenoxy) is 2. The van der Waals surface area contributed by atoms with Crippen molar-refractivity contribution in [3.05, 3.63) is 64.4 Å². The Morgan fingerprint density at radius 1 is 1.27 bits per heavy atom. The molecule has 1 fully saturated rings. The molecule has 0 atom stereocenters. The van der Waals surface area contributed by atoms with Crippen LogP contribution in [0.4, 0.5) is 8.78 Å². The third kappa shape index (κ3) is 3.80. The number of carbonyl (C=O) groups is 1. The number of hydrogen-bond donors (Lipinski definition) is 1. The van der Waals surface area contributed by atoms with Crippen molar-refractivity contribution in [1.82, 2.24) is 9.61 Å². The zero-order chi connectivity index (χ0) is 21.5. The molecule has 158 valence electrons. The molecule has 4 rings (SSSR count). The van der Waals surface area contributed by atoms with Crippen molar-refractivity contribution in [2.45, 2.75) is 38.8 Å². The molecule has 3 heterocycles. The average Bonchev–Trinajstić information content (AvgIpc) is 3.00. The van der Waals surface area contributed by atoms with E-state index >= 15 is 0 Å². The van der Waals surface area contributed by atoms with Crippen LogP contribution in [0.2, 0.25) is 0 Å². The van der Waals surface area contributed by atoms with E-state index in [0.717, 1.165) is 5.56 Å². The van der Waals surface area contributed by atoms with Crippen LogP contribution < -0.4 is 10.5 Å². The summed E-state index contributed by atoms with van der Waals surface area (Å²) in [6, 6.07) is 7.22. The quantitative estimate of drug-likeness (QED) is 0.598. The van der Waals surface area contributed by atoms with Crippen molar-refractivity contribution in [2.24, 2.45) is 5.73 Å². The number of Topliss-reactive ketones (excluding diaryl/α,β-unsaturated/α-hetero) is 1. The number of nitrogens with two attached hydrogens (primary N) is 1. The fourth-order valence-corrected chi connectivity index (χ4v) is 3.62. The minimum Gasteiger partial charge on any atom is -0.473 e. The van der Waals surface area contributed by atoms with Crippen LogP contribution in [0, 0.1) is 25.5 Å². The molecule has 1 aliphatic rings. The number of hydrogen-bond acceptors (Lipinski definition) is 5. The van der Waals surface area contributed by atoms with Gasteiger partial charge in [-0.1, -0.05) is 6.07 Å². The van der Waals surface area contributed by atoms with Crippen molar-refractivity contribution in [3.8, 4) is 5.88 Å². The van der Waals surface area contributed by atoms with Gasteiger partial charge in [-0.2, -0.15) is 5.10 Å². The normalized spacial score (nSPS) is 15.2. The molecule has 30 heavy (non-hydrogen) atoms. The van der Waals surface area contributed by atoms with E-state index in [2.05, 4.69) is 5.10 Å². The predicted octanol–water partition coefficient (Wildman–Crippen LogP) is 3.50. The number of pyridine rings is 1. The number of halogens is 2. The third-order valence-corrected chi connectivity index (χ3v) is 5.35. The maximum Gasteiger partial charge on any atom is 0.215 e. The summed E-state index contributed by atoms with van der Waals surface area (Å²) in [5, 5.41) is 4.44. The number of carbonyl (C=O) groups excluding carboxylic acids is 1. The smallest absolute Gasteiger partial charge is 0.215 e. The Morgan fingerprint density at radius 2 is 1.97 bits per heavy atom. The fraction of sp³-hybridized carbons (Fsp3) is 0.364. The van der Waals surface area contributed by atoms with Crippen LogP contribution in [-0.2, 0) is 11.3 Å². The lowest BCUT2D eigenvalue weighted by Crippen LogP contribution is -2.57. The Morgan fingerprint density at radius 3 is 2.60 bits per heavy atom. The Balaban J connectivity index is 1.62. The molecule has 0 saturated carbocycles. The number of fused-ring (bicyclic) bond motifs is 1. The lowest BCUT2D eigenvalue weighted by atomic mass is 9.90. The molecule has 0 unspecified atom stereocenters. The van der Waals surface area contributed by atoms with Gasteiger partial charge in [0.05, 0.1) is 41.1 Å². The van der Waals surface area contributed by atoms with Gasteiger partial charge in [-0.3, -0.25) is 4.79 Å². The van der Waals surface area contributed by atoms with Gasteiger partial charge in [0.15, 0.2) is 5.78 Å². The van der Waals surface area contributed by atoms with E-state index in [1.54, 1.807) is 13.0 Å². The van der Waals surface area contributed by atoms with Gasteiger partial charge in [-0.05, 0) is 44.0 Å². The van der Waals surface area contributed by atoms with Crippen molar-refractivity contribution in [2.75, 3.05) is 13.2 Å².